The number of rotatable bonds is 4. The van der Waals surface area contributed by atoms with Gasteiger partial charge >= 0.3 is 0 Å². The van der Waals surface area contributed by atoms with Crippen LogP contribution in [-0.2, 0) is 0 Å². The Morgan fingerprint density at radius 2 is 1.43 bits per heavy atom. The lowest BCUT2D eigenvalue weighted by molar-refractivity contribution is 0.277. The van der Waals surface area contributed by atoms with Gasteiger partial charge in [-0.05, 0) is 48.9 Å². The number of benzene rings is 2. The van der Waals surface area contributed by atoms with Crippen molar-refractivity contribution in [2.45, 2.75) is 46.5 Å². The maximum atomic E-state index is 10.6. The molecule has 1 unspecified atom stereocenters. The zero-order valence-corrected chi connectivity index (χ0v) is 16.0. The lowest BCUT2D eigenvalue weighted by Gasteiger charge is -2.23. The van der Waals surface area contributed by atoms with E-state index in [-0.39, 0.29) is 18.3 Å². The summed E-state index contributed by atoms with van der Waals surface area (Å²) in [6, 6.07) is 8.32. The van der Waals surface area contributed by atoms with Crippen LogP contribution in [-0.4, -0.2) is 16.8 Å². The lowest BCUT2D eigenvalue weighted by atomic mass is 9.84. The summed E-state index contributed by atoms with van der Waals surface area (Å²) in [5.74, 6) is 0.526. The van der Waals surface area contributed by atoms with Gasteiger partial charge < -0.3 is 10.2 Å². The first-order valence-electron chi connectivity index (χ1n) is 7.98. The van der Waals surface area contributed by atoms with E-state index in [1.165, 1.54) is 5.56 Å². The van der Waals surface area contributed by atoms with Crippen LogP contribution < -0.4 is 0 Å². The minimum atomic E-state index is -0.221. The fourth-order valence-electron chi connectivity index (χ4n) is 3.03. The lowest BCUT2D eigenvalue weighted by Crippen LogP contribution is -2.10. The van der Waals surface area contributed by atoms with E-state index in [1.54, 1.807) is 0 Å². The number of phenolic OH excluding ortho intramolecular Hbond substituents is 1. The molecule has 2 aromatic rings. The zero-order valence-electron chi connectivity index (χ0n) is 14.4. The molecule has 2 N–H and O–H groups in total. The number of phenols is 1. The average Bonchev–Trinajstić information content (AvgIpc) is 2.55. The molecular weight excluding hydrogens is 352 g/mol. The van der Waals surface area contributed by atoms with E-state index in [4.69, 9.17) is 0 Å². The summed E-state index contributed by atoms with van der Waals surface area (Å²) >= 11 is 3.55. The monoisotopic (exact) mass is 376 g/mol. The summed E-state index contributed by atoms with van der Waals surface area (Å²) in [6.45, 7) is 10.2. The number of hydrogen-bond donors (Lipinski definition) is 2. The standard InChI is InChI=1S/C20H25BrO2/c1-11(2)15-6-8-16(9-7-15)17(10-22)18-12(3)13(4)19(21)14(5)20(18)23/h6-9,11,17,22-23H,10H2,1-5H3. The largest absolute Gasteiger partial charge is 0.507 e. The van der Waals surface area contributed by atoms with Gasteiger partial charge in [0.2, 0.25) is 0 Å². The summed E-state index contributed by atoms with van der Waals surface area (Å²) in [4.78, 5) is 0. The molecule has 23 heavy (non-hydrogen) atoms. The molecule has 2 aromatic carbocycles. The summed E-state index contributed by atoms with van der Waals surface area (Å²) in [7, 11) is 0. The highest BCUT2D eigenvalue weighted by Crippen LogP contribution is 2.41. The highest BCUT2D eigenvalue weighted by Gasteiger charge is 2.23. The van der Waals surface area contributed by atoms with Gasteiger partial charge in [0.05, 0.1) is 6.61 Å². The fourth-order valence-corrected chi connectivity index (χ4v) is 3.52. The molecule has 124 valence electrons. The van der Waals surface area contributed by atoms with Gasteiger partial charge in [-0.2, -0.15) is 0 Å². The maximum Gasteiger partial charge on any atom is 0.123 e. The number of aromatic hydroxyl groups is 1. The molecule has 2 rings (SSSR count). The van der Waals surface area contributed by atoms with Gasteiger partial charge in [-0.1, -0.05) is 54.0 Å². The molecule has 0 saturated heterocycles. The zero-order chi connectivity index (χ0) is 17.3. The van der Waals surface area contributed by atoms with Gasteiger partial charge in [-0.25, -0.2) is 0 Å². The van der Waals surface area contributed by atoms with Gasteiger partial charge in [0.1, 0.15) is 5.75 Å². The Labute approximate surface area is 147 Å². The van der Waals surface area contributed by atoms with Crippen LogP contribution in [0.3, 0.4) is 0 Å². The summed E-state index contributed by atoms with van der Waals surface area (Å²) in [5.41, 5.74) is 6.06. The molecule has 0 aromatic heterocycles. The van der Waals surface area contributed by atoms with Crippen molar-refractivity contribution < 1.29 is 10.2 Å². The van der Waals surface area contributed by atoms with Crippen LogP contribution in [0.5, 0.6) is 5.75 Å². The van der Waals surface area contributed by atoms with E-state index in [9.17, 15) is 10.2 Å². The van der Waals surface area contributed by atoms with Crippen LogP contribution in [0.1, 0.15) is 59.1 Å². The Bertz CT molecular complexity index is 674. The van der Waals surface area contributed by atoms with Gasteiger partial charge in [0, 0.05) is 21.5 Å². The second-order valence-corrected chi connectivity index (χ2v) is 7.30. The van der Waals surface area contributed by atoms with Gasteiger partial charge in [0.25, 0.3) is 0 Å². The minimum Gasteiger partial charge on any atom is -0.507 e. The van der Waals surface area contributed by atoms with E-state index in [1.807, 2.05) is 20.8 Å². The van der Waals surface area contributed by atoms with E-state index in [0.29, 0.717) is 5.92 Å². The van der Waals surface area contributed by atoms with Crippen LogP contribution in [0.25, 0.3) is 0 Å². The molecule has 1 atom stereocenters. The summed E-state index contributed by atoms with van der Waals surface area (Å²) < 4.78 is 0.933. The molecule has 0 aliphatic rings. The second kappa shape index (κ2) is 7.06. The quantitative estimate of drug-likeness (QED) is 0.756. The van der Waals surface area contributed by atoms with Gasteiger partial charge in [-0.3, -0.25) is 0 Å². The fraction of sp³-hybridized carbons (Fsp3) is 0.400. The summed E-state index contributed by atoms with van der Waals surface area (Å²) in [5, 5.41) is 20.6. The third-order valence-corrected chi connectivity index (χ3v) is 5.96. The average molecular weight is 377 g/mol. The van der Waals surface area contributed by atoms with Crippen LogP contribution in [0.15, 0.2) is 28.7 Å². The first-order valence-corrected chi connectivity index (χ1v) is 8.77. The predicted molar refractivity (Wildman–Crippen MR) is 99.5 cm³/mol. The Hall–Kier alpha value is -1.32. The van der Waals surface area contributed by atoms with Gasteiger partial charge in [-0.15, -0.1) is 0 Å². The smallest absolute Gasteiger partial charge is 0.123 e. The highest BCUT2D eigenvalue weighted by atomic mass is 79.9. The number of hydrogen-bond acceptors (Lipinski definition) is 2. The topological polar surface area (TPSA) is 40.5 Å². The highest BCUT2D eigenvalue weighted by molar-refractivity contribution is 9.10. The van der Waals surface area contributed by atoms with Crippen molar-refractivity contribution in [1.82, 2.24) is 0 Å². The van der Waals surface area contributed by atoms with Crippen molar-refractivity contribution in [2.24, 2.45) is 0 Å². The molecule has 0 aliphatic carbocycles. The van der Waals surface area contributed by atoms with Crippen LogP contribution in [0.4, 0.5) is 0 Å². The van der Waals surface area contributed by atoms with Crippen LogP contribution in [0, 0.1) is 20.8 Å². The predicted octanol–water partition coefficient (Wildman–Crippen LogP) is 5.33. The summed E-state index contributed by atoms with van der Waals surface area (Å²) in [6.07, 6.45) is 0. The number of aliphatic hydroxyl groups excluding tert-OH is 1. The molecule has 0 spiro atoms. The molecule has 3 heteroatoms. The Morgan fingerprint density at radius 3 is 1.91 bits per heavy atom. The molecule has 0 saturated carbocycles. The van der Waals surface area contributed by atoms with E-state index in [2.05, 4.69) is 54.0 Å². The van der Waals surface area contributed by atoms with E-state index in [0.717, 1.165) is 32.3 Å². The third kappa shape index (κ3) is 3.31. The van der Waals surface area contributed by atoms with Crippen molar-refractivity contribution in [3.63, 3.8) is 0 Å². The van der Waals surface area contributed by atoms with Crippen molar-refractivity contribution >= 4 is 15.9 Å². The van der Waals surface area contributed by atoms with Crippen molar-refractivity contribution in [2.75, 3.05) is 6.61 Å². The molecule has 0 fully saturated rings. The van der Waals surface area contributed by atoms with Crippen molar-refractivity contribution in [3.8, 4) is 5.75 Å². The normalized spacial score (nSPS) is 12.7. The van der Waals surface area contributed by atoms with Crippen LogP contribution >= 0.6 is 15.9 Å². The Balaban J connectivity index is 2.58. The Kier molecular flexibility index (Phi) is 5.53. The molecule has 0 radical (unpaired) electrons. The SMILES string of the molecule is Cc1c(C)c(C(CO)c2ccc(C(C)C)cc2)c(O)c(C)c1Br. The molecule has 0 bridgehead atoms. The number of aliphatic hydroxyl groups is 1. The van der Waals surface area contributed by atoms with Crippen LogP contribution in [0.2, 0.25) is 0 Å². The Morgan fingerprint density at radius 1 is 0.913 bits per heavy atom. The first-order chi connectivity index (χ1) is 10.8. The van der Waals surface area contributed by atoms with E-state index < -0.39 is 0 Å². The minimum absolute atomic E-state index is 0.0318. The first kappa shape index (κ1) is 18.0. The molecule has 0 heterocycles. The van der Waals surface area contributed by atoms with Gasteiger partial charge in [0.15, 0.2) is 0 Å². The molecule has 0 amide bonds. The molecule has 2 nitrogen and oxygen atoms in total. The molecular formula is C20H25BrO2. The third-order valence-electron chi connectivity index (χ3n) is 4.77. The molecule has 0 aliphatic heterocycles. The number of halogens is 1. The van der Waals surface area contributed by atoms with E-state index >= 15 is 0 Å². The second-order valence-electron chi connectivity index (χ2n) is 6.51. The van der Waals surface area contributed by atoms with Crippen molar-refractivity contribution in [3.05, 3.63) is 62.1 Å². The maximum absolute atomic E-state index is 10.6. The van der Waals surface area contributed by atoms with Crippen molar-refractivity contribution in [1.29, 1.82) is 0 Å².